The van der Waals surface area contributed by atoms with Crippen LogP contribution in [-0.2, 0) is 17.5 Å². The monoisotopic (exact) mass is 348 g/mol. The number of alkyl halides is 3. The van der Waals surface area contributed by atoms with E-state index >= 15 is 0 Å². The molecule has 3 rings (SSSR count). The van der Waals surface area contributed by atoms with Crippen molar-refractivity contribution in [1.29, 1.82) is 0 Å². The van der Waals surface area contributed by atoms with E-state index in [1.165, 1.54) is 24.3 Å². The summed E-state index contributed by atoms with van der Waals surface area (Å²) in [5, 5.41) is 3.28. The molecule has 0 spiro atoms. The molecular formula is C17H11F3N2O3. The Morgan fingerprint density at radius 2 is 1.72 bits per heavy atom. The third-order valence-electron chi connectivity index (χ3n) is 3.26. The first-order valence-electron chi connectivity index (χ1n) is 7.16. The smallest absolute Gasteiger partial charge is 0.457 e. The van der Waals surface area contributed by atoms with Crippen LogP contribution in [-0.4, -0.2) is 16.1 Å². The van der Waals surface area contributed by atoms with Gasteiger partial charge in [0.25, 0.3) is 0 Å². The highest BCUT2D eigenvalue weighted by atomic mass is 19.4. The molecule has 0 radical (unpaired) electrons. The molecule has 0 aliphatic carbocycles. The Morgan fingerprint density at radius 1 is 1.04 bits per heavy atom. The fraction of sp³-hybridized carbons (Fsp3) is 0.118. The van der Waals surface area contributed by atoms with Gasteiger partial charge in [-0.15, -0.1) is 0 Å². The first kappa shape index (κ1) is 16.7. The molecule has 0 saturated heterocycles. The van der Waals surface area contributed by atoms with E-state index in [-0.39, 0.29) is 18.0 Å². The highest BCUT2D eigenvalue weighted by Gasteiger charge is 2.38. The second-order valence-corrected chi connectivity index (χ2v) is 5.06. The average molecular weight is 348 g/mol. The Balaban J connectivity index is 1.67. The van der Waals surface area contributed by atoms with Crippen LogP contribution in [0.1, 0.15) is 21.8 Å². The van der Waals surface area contributed by atoms with Gasteiger partial charge >= 0.3 is 18.0 Å². The van der Waals surface area contributed by atoms with Crippen molar-refractivity contribution in [2.24, 2.45) is 0 Å². The van der Waals surface area contributed by atoms with Gasteiger partial charge in [0.15, 0.2) is 0 Å². The summed E-state index contributed by atoms with van der Waals surface area (Å²) in [6.45, 7) is 0.126. The summed E-state index contributed by atoms with van der Waals surface area (Å²) in [5.74, 6) is -2.18. The van der Waals surface area contributed by atoms with Crippen molar-refractivity contribution in [2.75, 3.05) is 0 Å². The molecule has 0 amide bonds. The Hall–Kier alpha value is -3.16. The molecule has 2 aromatic carbocycles. The van der Waals surface area contributed by atoms with Crippen LogP contribution >= 0.6 is 0 Å². The van der Waals surface area contributed by atoms with Crippen molar-refractivity contribution in [3.8, 4) is 11.4 Å². The van der Waals surface area contributed by atoms with Crippen molar-refractivity contribution in [2.45, 2.75) is 12.8 Å². The van der Waals surface area contributed by atoms with Gasteiger partial charge in [0.1, 0.15) is 6.61 Å². The minimum Gasteiger partial charge on any atom is -0.457 e. The molecule has 1 heterocycles. The first-order chi connectivity index (χ1) is 11.9. The van der Waals surface area contributed by atoms with E-state index in [2.05, 4.69) is 14.7 Å². The van der Waals surface area contributed by atoms with E-state index in [9.17, 15) is 18.0 Å². The lowest BCUT2D eigenvalue weighted by molar-refractivity contribution is -0.159. The molecule has 1 aromatic heterocycles. The van der Waals surface area contributed by atoms with E-state index in [4.69, 9.17) is 4.74 Å². The molecule has 0 aliphatic rings. The van der Waals surface area contributed by atoms with Crippen molar-refractivity contribution in [3.63, 3.8) is 0 Å². The normalized spacial score (nSPS) is 11.3. The molecule has 0 saturated carbocycles. The minimum atomic E-state index is -4.70. The first-order valence-corrected chi connectivity index (χ1v) is 7.16. The third-order valence-corrected chi connectivity index (χ3v) is 3.26. The van der Waals surface area contributed by atoms with Crippen LogP contribution in [0.5, 0.6) is 0 Å². The Morgan fingerprint density at radius 3 is 2.32 bits per heavy atom. The summed E-state index contributed by atoms with van der Waals surface area (Å²) in [7, 11) is 0. The summed E-state index contributed by atoms with van der Waals surface area (Å²) in [6, 6.07) is 14.9. The predicted molar refractivity (Wildman–Crippen MR) is 80.3 cm³/mol. The number of halogens is 3. The van der Waals surface area contributed by atoms with Crippen LogP contribution in [0, 0.1) is 0 Å². The lowest BCUT2D eigenvalue weighted by atomic mass is 10.1. The van der Waals surface area contributed by atoms with Crippen molar-refractivity contribution < 1.29 is 27.2 Å². The fourth-order valence-corrected chi connectivity index (χ4v) is 2.02. The largest absolute Gasteiger partial charge is 0.471 e. The van der Waals surface area contributed by atoms with Gasteiger partial charge in [-0.05, 0) is 17.7 Å². The molecule has 128 valence electrons. The van der Waals surface area contributed by atoms with E-state index < -0.39 is 18.0 Å². The SMILES string of the molecule is O=C(OCc1ccccc1)c1ccc(-c2noc(C(F)(F)F)n2)cc1. The second kappa shape index (κ2) is 6.76. The zero-order valence-electron chi connectivity index (χ0n) is 12.7. The zero-order valence-corrected chi connectivity index (χ0v) is 12.7. The summed E-state index contributed by atoms with van der Waals surface area (Å²) < 4.78 is 46.7. The number of aromatic nitrogens is 2. The van der Waals surface area contributed by atoms with Gasteiger partial charge in [-0.2, -0.15) is 18.2 Å². The summed E-state index contributed by atoms with van der Waals surface area (Å²) in [5.41, 5.74) is 1.40. The Kier molecular flexibility index (Phi) is 4.51. The second-order valence-electron chi connectivity index (χ2n) is 5.06. The average Bonchev–Trinajstić information content (AvgIpc) is 3.11. The Labute approximate surface area is 140 Å². The number of nitrogens with zero attached hydrogens (tertiary/aromatic N) is 2. The Bertz CT molecular complexity index is 859. The van der Waals surface area contributed by atoms with Crippen LogP contribution in [0.25, 0.3) is 11.4 Å². The number of esters is 1. The van der Waals surface area contributed by atoms with Crippen molar-refractivity contribution >= 4 is 5.97 Å². The maximum Gasteiger partial charge on any atom is 0.471 e. The molecule has 0 atom stereocenters. The molecular weight excluding hydrogens is 337 g/mol. The quantitative estimate of drug-likeness (QED) is 0.664. The van der Waals surface area contributed by atoms with E-state index in [1.54, 1.807) is 0 Å². The van der Waals surface area contributed by atoms with Crippen LogP contribution in [0.4, 0.5) is 13.2 Å². The molecule has 3 aromatic rings. The van der Waals surface area contributed by atoms with Gasteiger partial charge in [0.2, 0.25) is 5.82 Å². The molecule has 0 fully saturated rings. The molecule has 0 unspecified atom stereocenters. The standard InChI is InChI=1S/C17H11F3N2O3/c18-17(19,20)16-21-14(22-25-16)12-6-8-13(9-7-12)15(23)24-10-11-4-2-1-3-5-11/h1-9H,10H2. The number of carbonyl (C=O) groups excluding carboxylic acids is 1. The van der Waals surface area contributed by atoms with E-state index in [0.717, 1.165) is 5.56 Å². The number of ether oxygens (including phenoxy) is 1. The lowest BCUT2D eigenvalue weighted by Crippen LogP contribution is -2.05. The molecule has 5 nitrogen and oxygen atoms in total. The van der Waals surface area contributed by atoms with Gasteiger partial charge in [-0.3, -0.25) is 0 Å². The van der Waals surface area contributed by atoms with Crippen molar-refractivity contribution in [1.82, 2.24) is 10.1 Å². The van der Waals surface area contributed by atoms with Gasteiger partial charge in [-0.1, -0.05) is 47.6 Å². The van der Waals surface area contributed by atoms with E-state index in [0.29, 0.717) is 5.56 Å². The highest BCUT2D eigenvalue weighted by Crippen LogP contribution is 2.29. The summed E-state index contributed by atoms with van der Waals surface area (Å²) in [6.07, 6.45) is -4.70. The maximum absolute atomic E-state index is 12.5. The van der Waals surface area contributed by atoms with Gasteiger partial charge in [0.05, 0.1) is 5.56 Å². The topological polar surface area (TPSA) is 65.2 Å². The molecule has 0 aliphatic heterocycles. The van der Waals surface area contributed by atoms with Crippen LogP contribution in [0.2, 0.25) is 0 Å². The van der Waals surface area contributed by atoms with Gasteiger partial charge < -0.3 is 9.26 Å². The number of rotatable bonds is 4. The molecule has 0 N–H and O–H groups in total. The number of benzene rings is 2. The van der Waals surface area contributed by atoms with E-state index in [1.807, 2.05) is 30.3 Å². The van der Waals surface area contributed by atoms with Gasteiger partial charge in [0, 0.05) is 5.56 Å². The number of hydrogen-bond acceptors (Lipinski definition) is 5. The summed E-state index contributed by atoms with van der Waals surface area (Å²) >= 11 is 0. The zero-order chi connectivity index (χ0) is 17.9. The highest BCUT2D eigenvalue weighted by molar-refractivity contribution is 5.89. The molecule has 25 heavy (non-hydrogen) atoms. The lowest BCUT2D eigenvalue weighted by Gasteiger charge is -2.05. The summed E-state index contributed by atoms with van der Waals surface area (Å²) in [4.78, 5) is 15.3. The molecule has 8 heteroatoms. The maximum atomic E-state index is 12.5. The van der Waals surface area contributed by atoms with Crippen LogP contribution < -0.4 is 0 Å². The molecule has 0 bridgehead atoms. The number of carbonyl (C=O) groups is 1. The van der Waals surface area contributed by atoms with Crippen molar-refractivity contribution in [3.05, 3.63) is 71.6 Å². The van der Waals surface area contributed by atoms with Gasteiger partial charge in [-0.25, -0.2) is 4.79 Å². The van der Waals surface area contributed by atoms with Crippen LogP contribution in [0.15, 0.2) is 59.1 Å². The van der Waals surface area contributed by atoms with Crippen LogP contribution in [0.3, 0.4) is 0 Å². The minimum absolute atomic E-state index is 0.126. The fourth-order valence-electron chi connectivity index (χ4n) is 2.02. The third kappa shape index (κ3) is 4.03. The predicted octanol–water partition coefficient (Wildman–Crippen LogP) is 4.11. The number of hydrogen-bond donors (Lipinski definition) is 0.